The monoisotopic (exact) mass is 207 g/mol. The van der Waals surface area contributed by atoms with Crippen LogP contribution in [0.2, 0.25) is 0 Å². The highest BCUT2D eigenvalue weighted by atomic mass is 16.5. The predicted octanol–water partition coefficient (Wildman–Crippen LogP) is 1.66. The minimum absolute atomic E-state index is 0.0598. The molecule has 15 heavy (non-hydrogen) atoms. The molecule has 1 aliphatic rings. The van der Waals surface area contributed by atoms with Crippen molar-refractivity contribution in [2.24, 2.45) is 5.73 Å². The zero-order chi connectivity index (χ0) is 10.9. The van der Waals surface area contributed by atoms with Gasteiger partial charge in [-0.05, 0) is 31.0 Å². The second-order valence-corrected chi connectivity index (χ2v) is 4.08. The summed E-state index contributed by atoms with van der Waals surface area (Å²) in [6.07, 6.45) is 0.910. The van der Waals surface area contributed by atoms with Gasteiger partial charge in [-0.1, -0.05) is 12.1 Å². The first-order chi connectivity index (χ1) is 7.16. The van der Waals surface area contributed by atoms with Crippen LogP contribution in [0.1, 0.15) is 18.9 Å². The van der Waals surface area contributed by atoms with E-state index >= 15 is 0 Å². The molecule has 3 nitrogen and oxygen atoms in total. The van der Waals surface area contributed by atoms with Crippen LogP contribution in [0.25, 0.3) is 0 Å². The van der Waals surface area contributed by atoms with Gasteiger partial charge in [-0.3, -0.25) is 0 Å². The van der Waals surface area contributed by atoms with Crippen LogP contribution < -0.4 is 10.5 Å². The molecule has 1 heterocycles. The molecule has 2 N–H and O–H groups in total. The molecule has 1 aromatic rings. The minimum Gasteiger partial charge on any atom is -0.497 e. The Morgan fingerprint density at radius 2 is 2.33 bits per heavy atom. The normalized spacial score (nSPS) is 30.5. The van der Waals surface area contributed by atoms with Crippen LogP contribution in [0, 0.1) is 0 Å². The second-order valence-electron chi connectivity index (χ2n) is 4.08. The van der Waals surface area contributed by atoms with Gasteiger partial charge in [-0.15, -0.1) is 0 Å². The highest BCUT2D eigenvalue weighted by Gasteiger charge is 2.39. The van der Waals surface area contributed by atoms with E-state index in [1.54, 1.807) is 7.11 Å². The molecule has 1 fully saturated rings. The van der Waals surface area contributed by atoms with Gasteiger partial charge >= 0.3 is 0 Å². The molecule has 1 aromatic carbocycles. The Hall–Kier alpha value is -1.06. The summed E-state index contributed by atoms with van der Waals surface area (Å²) in [6.45, 7) is 2.77. The average molecular weight is 207 g/mol. The maximum absolute atomic E-state index is 6.07. The summed E-state index contributed by atoms with van der Waals surface area (Å²) in [5, 5.41) is 0. The molecule has 0 spiro atoms. The Labute approximate surface area is 90.2 Å². The minimum atomic E-state index is -0.367. The van der Waals surface area contributed by atoms with E-state index in [1.165, 1.54) is 0 Å². The molecule has 0 amide bonds. The van der Waals surface area contributed by atoms with Crippen LogP contribution in [0.5, 0.6) is 5.75 Å². The molecular formula is C12H17NO2. The Morgan fingerprint density at radius 1 is 1.53 bits per heavy atom. The quantitative estimate of drug-likeness (QED) is 0.802. The molecular weight excluding hydrogens is 190 g/mol. The zero-order valence-corrected chi connectivity index (χ0v) is 9.19. The first kappa shape index (κ1) is 10.5. The smallest absolute Gasteiger partial charge is 0.119 e. The molecule has 2 atom stereocenters. The summed E-state index contributed by atoms with van der Waals surface area (Å²) in [6, 6.07) is 7.98. The van der Waals surface area contributed by atoms with Gasteiger partial charge < -0.3 is 15.2 Å². The van der Waals surface area contributed by atoms with Crippen molar-refractivity contribution in [3.8, 4) is 5.75 Å². The van der Waals surface area contributed by atoms with E-state index in [2.05, 4.69) is 0 Å². The lowest BCUT2D eigenvalue weighted by Crippen LogP contribution is -2.39. The van der Waals surface area contributed by atoms with Crippen LogP contribution in [0.15, 0.2) is 24.3 Å². The summed E-state index contributed by atoms with van der Waals surface area (Å²) in [5.41, 5.74) is 6.79. The number of benzene rings is 1. The molecule has 0 aliphatic carbocycles. The molecule has 3 heteroatoms. The maximum Gasteiger partial charge on any atom is 0.119 e. The van der Waals surface area contributed by atoms with Gasteiger partial charge in [0, 0.05) is 12.6 Å². The first-order valence-electron chi connectivity index (χ1n) is 5.21. The lowest BCUT2D eigenvalue weighted by molar-refractivity contribution is 0.00790. The van der Waals surface area contributed by atoms with Gasteiger partial charge in [0.05, 0.1) is 7.11 Å². The van der Waals surface area contributed by atoms with Crippen LogP contribution in [-0.2, 0) is 10.3 Å². The average Bonchev–Trinajstić information content (AvgIpc) is 2.61. The van der Waals surface area contributed by atoms with E-state index in [-0.39, 0.29) is 11.6 Å². The number of methoxy groups -OCH3 is 1. The topological polar surface area (TPSA) is 44.5 Å². The molecule has 2 unspecified atom stereocenters. The van der Waals surface area contributed by atoms with E-state index < -0.39 is 0 Å². The summed E-state index contributed by atoms with van der Waals surface area (Å²) in [4.78, 5) is 0. The molecule has 0 aromatic heterocycles. The van der Waals surface area contributed by atoms with Crippen LogP contribution >= 0.6 is 0 Å². The van der Waals surface area contributed by atoms with Gasteiger partial charge in [0.15, 0.2) is 0 Å². The van der Waals surface area contributed by atoms with E-state index in [0.717, 1.165) is 24.3 Å². The van der Waals surface area contributed by atoms with Crippen molar-refractivity contribution in [2.45, 2.75) is 25.0 Å². The lowest BCUT2D eigenvalue weighted by atomic mass is 9.89. The third-order valence-electron chi connectivity index (χ3n) is 3.18. The Bertz CT molecular complexity index is 353. The van der Waals surface area contributed by atoms with Crippen LogP contribution in [0.4, 0.5) is 0 Å². The van der Waals surface area contributed by atoms with Crippen LogP contribution in [-0.4, -0.2) is 19.8 Å². The second kappa shape index (κ2) is 3.83. The molecule has 0 radical (unpaired) electrons. The highest BCUT2D eigenvalue weighted by Crippen LogP contribution is 2.35. The van der Waals surface area contributed by atoms with Crippen molar-refractivity contribution in [2.75, 3.05) is 13.7 Å². The fourth-order valence-electron chi connectivity index (χ4n) is 2.01. The Balaban J connectivity index is 2.35. The van der Waals surface area contributed by atoms with E-state index in [4.69, 9.17) is 15.2 Å². The third kappa shape index (κ3) is 1.73. The Morgan fingerprint density at radius 3 is 2.93 bits per heavy atom. The third-order valence-corrected chi connectivity index (χ3v) is 3.18. The van der Waals surface area contributed by atoms with Gasteiger partial charge in [0.1, 0.15) is 11.4 Å². The van der Waals surface area contributed by atoms with Gasteiger partial charge in [0.25, 0.3) is 0 Å². The van der Waals surface area contributed by atoms with Gasteiger partial charge in [0.2, 0.25) is 0 Å². The number of nitrogens with two attached hydrogens (primary N) is 1. The number of ether oxygens (including phenoxy) is 2. The van der Waals surface area contributed by atoms with Crippen molar-refractivity contribution in [3.05, 3.63) is 29.8 Å². The summed E-state index contributed by atoms with van der Waals surface area (Å²) in [5.74, 6) is 0.844. The zero-order valence-electron chi connectivity index (χ0n) is 9.19. The number of rotatable bonds is 2. The molecule has 0 bridgehead atoms. The number of hydrogen-bond donors (Lipinski definition) is 1. The molecule has 1 saturated heterocycles. The van der Waals surface area contributed by atoms with Crippen molar-refractivity contribution >= 4 is 0 Å². The molecule has 1 aliphatic heterocycles. The van der Waals surface area contributed by atoms with Crippen molar-refractivity contribution in [3.63, 3.8) is 0 Å². The summed E-state index contributed by atoms with van der Waals surface area (Å²) >= 11 is 0. The largest absolute Gasteiger partial charge is 0.497 e. The standard InChI is InChI=1S/C12H17NO2/c1-12(11(13)6-7-15-12)9-4-3-5-10(8-9)14-2/h3-5,8,11H,6-7,13H2,1-2H3. The fraction of sp³-hybridized carbons (Fsp3) is 0.500. The fourth-order valence-corrected chi connectivity index (χ4v) is 2.01. The number of hydrogen-bond acceptors (Lipinski definition) is 3. The maximum atomic E-state index is 6.07. The van der Waals surface area contributed by atoms with E-state index in [0.29, 0.717) is 0 Å². The molecule has 2 rings (SSSR count). The SMILES string of the molecule is COc1cccc(C2(C)OCCC2N)c1. The Kier molecular flexibility index (Phi) is 2.67. The van der Waals surface area contributed by atoms with Gasteiger partial charge in [-0.2, -0.15) is 0 Å². The summed E-state index contributed by atoms with van der Waals surface area (Å²) < 4.78 is 11.0. The van der Waals surface area contributed by atoms with Crippen molar-refractivity contribution < 1.29 is 9.47 Å². The highest BCUT2D eigenvalue weighted by molar-refractivity contribution is 5.33. The lowest BCUT2D eigenvalue weighted by Gasteiger charge is -2.28. The van der Waals surface area contributed by atoms with E-state index in [9.17, 15) is 0 Å². The van der Waals surface area contributed by atoms with Crippen LogP contribution in [0.3, 0.4) is 0 Å². The summed E-state index contributed by atoms with van der Waals surface area (Å²) in [7, 11) is 1.66. The van der Waals surface area contributed by atoms with Crippen molar-refractivity contribution in [1.82, 2.24) is 0 Å². The first-order valence-corrected chi connectivity index (χ1v) is 5.21. The van der Waals surface area contributed by atoms with E-state index in [1.807, 2.05) is 31.2 Å². The molecule has 82 valence electrons. The van der Waals surface area contributed by atoms with Gasteiger partial charge in [-0.25, -0.2) is 0 Å². The van der Waals surface area contributed by atoms with Crippen molar-refractivity contribution in [1.29, 1.82) is 0 Å². The predicted molar refractivity (Wildman–Crippen MR) is 58.9 cm³/mol. The molecule has 0 saturated carbocycles.